The van der Waals surface area contributed by atoms with E-state index in [1.54, 1.807) is 0 Å². The van der Waals surface area contributed by atoms with E-state index in [-0.39, 0.29) is 0 Å². The van der Waals surface area contributed by atoms with Crippen LogP contribution in [0.5, 0.6) is 0 Å². The molecule has 2 aromatic rings. The Hall–Kier alpha value is -2.27. The zero-order chi connectivity index (χ0) is 13.2. The summed E-state index contributed by atoms with van der Waals surface area (Å²) in [6, 6.07) is 18.7. The lowest BCUT2D eigenvalue weighted by molar-refractivity contribution is 0.746. The molecule has 0 radical (unpaired) electrons. The van der Waals surface area contributed by atoms with E-state index in [4.69, 9.17) is 5.26 Å². The maximum Gasteiger partial charge on any atom is 0.0991 e. The second-order valence-electron chi connectivity index (χ2n) is 5.15. The molecule has 3 rings (SSSR count). The van der Waals surface area contributed by atoms with E-state index in [0.29, 0.717) is 5.92 Å². The molecule has 2 aromatic carbocycles. The van der Waals surface area contributed by atoms with E-state index in [0.717, 1.165) is 18.7 Å². The van der Waals surface area contributed by atoms with Gasteiger partial charge in [-0.3, -0.25) is 0 Å². The van der Waals surface area contributed by atoms with Crippen molar-refractivity contribution in [2.24, 2.45) is 0 Å². The SMILES string of the molecule is CC1CN(Cc2cccc(C#N)c2)c2ccccc21. The number of nitriles is 1. The summed E-state index contributed by atoms with van der Waals surface area (Å²) < 4.78 is 0. The monoisotopic (exact) mass is 248 g/mol. The summed E-state index contributed by atoms with van der Waals surface area (Å²) in [4.78, 5) is 2.40. The van der Waals surface area contributed by atoms with Gasteiger partial charge in [0.1, 0.15) is 0 Å². The van der Waals surface area contributed by atoms with Crippen molar-refractivity contribution < 1.29 is 0 Å². The van der Waals surface area contributed by atoms with Crippen LogP contribution in [0.2, 0.25) is 0 Å². The molecule has 1 aliphatic rings. The Morgan fingerprint density at radius 3 is 2.89 bits per heavy atom. The fraction of sp³-hybridized carbons (Fsp3) is 0.235. The van der Waals surface area contributed by atoms with Crippen molar-refractivity contribution in [1.82, 2.24) is 0 Å². The fourth-order valence-corrected chi connectivity index (χ4v) is 2.83. The Morgan fingerprint density at radius 1 is 1.21 bits per heavy atom. The molecular formula is C17H16N2. The predicted octanol–water partition coefficient (Wildman–Crippen LogP) is 3.68. The van der Waals surface area contributed by atoms with Crippen LogP contribution in [0.4, 0.5) is 5.69 Å². The molecule has 0 bridgehead atoms. The van der Waals surface area contributed by atoms with Gasteiger partial charge in [0.05, 0.1) is 11.6 Å². The van der Waals surface area contributed by atoms with E-state index in [9.17, 15) is 0 Å². The highest BCUT2D eigenvalue weighted by atomic mass is 15.2. The highest BCUT2D eigenvalue weighted by Gasteiger charge is 2.24. The summed E-state index contributed by atoms with van der Waals surface area (Å²) in [6.07, 6.45) is 0. The quantitative estimate of drug-likeness (QED) is 0.810. The summed E-state index contributed by atoms with van der Waals surface area (Å²) in [5, 5.41) is 8.96. The molecule has 1 aliphatic heterocycles. The molecule has 1 unspecified atom stereocenters. The van der Waals surface area contributed by atoms with Crippen LogP contribution in [0.25, 0.3) is 0 Å². The Kier molecular flexibility index (Phi) is 2.97. The average molecular weight is 248 g/mol. The number of rotatable bonds is 2. The number of anilines is 1. The van der Waals surface area contributed by atoms with Gasteiger partial charge >= 0.3 is 0 Å². The molecule has 19 heavy (non-hydrogen) atoms. The van der Waals surface area contributed by atoms with Crippen molar-refractivity contribution in [1.29, 1.82) is 5.26 Å². The Balaban J connectivity index is 1.87. The van der Waals surface area contributed by atoms with Gasteiger partial charge < -0.3 is 4.90 Å². The smallest absolute Gasteiger partial charge is 0.0991 e. The third kappa shape index (κ3) is 2.20. The molecule has 94 valence electrons. The van der Waals surface area contributed by atoms with Gasteiger partial charge in [-0.1, -0.05) is 37.3 Å². The Morgan fingerprint density at radius 2 is 2.05 bits per heavy atom. The maximum absolute atomic E-state index is 8.96. The maximum atomic E-state index is 8.96. The van der Waals surface area contributed by atoms with Crippen LogP contribution in [-0.4, -0.2) is 6.54 Å². The minimum atomic E-state index is 0.579. The lowest BCUT2D eigenvalue weighted by atomic mass is 10.0. The normalized spacial score (nSPS) is 17.1. The van der Waals surface area contributed by atoms with Crippen molar-refractivity contribution in [3.63, 3.8) is 0 Å². The molecule has 0 amide bonds. The van der Waals surface area contributed by atoms with Crippen LogP contribution in [0, 0.1) is 11.3 Å². The highest BCUT2D eigenvalue weighted by molar-refractivity contribution is 5.60. The van der Waals surface area contributed by atoms with Gasteiger partial charge in [-0.2, -0.15) is 5.26 Å². The van der Waals surface area contributed by atoms with E-state index in [1.165, 1.54) is 16.8 Å². The molecule has 0 saturated carbocycles. The molecule has 0 spiro atoms. The van der Waals surface area contributed by atoms with Crippen LogP contribution in [0.3, 0.4) is 0 Å². The summed E-state index contributed by atoms with van der Waals surface area (Å²) in [6.45, 7) is 4.19. The Labute approximate surface area is 113 Å². The molecule has 0 saturated heterocycles. The lowest BCUT2D eigenvalue weighted by Gasteiger charge is -2.19. The van der Waals surface area contributed by atoms with E-state index < -0.39 is 0 Å². The van der Waals surface area contributed by atoms with Crippen LogP contribution >= 0.6 is 0 Å². The van der Waals surface area contributed by atoms with Crippen molar-refractivity contribution in [3.8, 4) is 6.07 Å². The second kappa shape index (κ2) is 4.78. The molecule has 0 aliphatic carbocycles. The van der Waals surface area contributed by atoms with Crippen molar-refractivity contribution in [2.75, 3.05) is 11.4 Å². The van der Waals surface area contributed by atoms with E-state index >= 15 is 0 Å². The molecule has 0 aromatic heterocycles. The number of benzene rings is 2. The first-order valence-electron chi connectivity index (χ1n) is 6.61. The summed E-state index contributed by atoms with van der Waals surface area (Å²) in [7, 11) is 0. The van der Waals surface area contributed by atoms with E-state index in [2.05, 4.69) is 48.2 Å². The minimum absolute atomic E-state index is 0.579. The van der Waals surface area contributed by atoms with Gasteiger partial charge in [0.25, 0.3) is 0 Å². The Bertz CT molecular complexity index is 640. The topological polar surface area (TPSA) is 27.0 Å². The average Bonchev–Trinajstić information content (AvgIpc) is 2.76. The standard InChI is InChI=1S/C17H16N2/c1-13-11-19(17-8-3-2-7-16(13)17)12-15-6-4-5-14(9-15)10-18/h2-9,13H,11-12H2,1H3. The van der Waals surface area contributed by atoms with Crippen LogP contribution in [0.15, 0.2) is 48.5 Å². The van der Waals surface area contributed by atoms with Crippen LogP contribution in [0.1, 0.15) is 29.5 Å². The lowest BCUT2D eigenvalue weighted by Crippen LogP contribution is -2.20. The molecule has 2 heteroatoms. The zero-order valence-corrected chi connectivity index (χ0v) is 11.0. The van der Waals surface area contributed by atoms with E-state index in [1.807, 2.05) is 18.2 Å². The molecule has 2 nitrogen and oxygen atoms in total. The number of hydrogen-bond acceptors (Lipinski definition) is 2. The van der Waals surface area contributed by atoms with Crippen molar-refractivity contribution in [2.45, 2.75) is 19.4 Å². The first-order valence-corrected chi connectivity index (χ1v) is 6.61. The summed E-state index contributed by atoms with van der Waals surface area (Å²) in [5.74, 6) is 0.579. The fourth-order valence-electron chi connectivity index (χ4n) is 2.83. The first kappa shape index (κ1) is 11.8. The van der Waals surface area contributed by atoms with Crippen LogP contribution in [-0.2, 0) is 6.54 Å². The highest BCUT2D eigenvalue weighted by Crippen LogP contribution is 2.36. The molecule has 1 heterocycles. The van der Waals surface area contributed by atoms with Gasteiger partial charge in [0, 0.05) is 24.7 Å². The van der Waals surface area contributed by atoms with Crippen molar-refractivity contribution in [3.05, 3.63) is 65.2 Å². The molecular weight excluding hydrogens is 232 g/mol. The van der Waals surface area contributed by atoms with Gasteiger partial charge in [0.15, 0.2) is 0 Å². The third-order valence-corrected chi connectivity index (χ3v) is 3.73. The summed E-state index contributed by atoms with van der Waals surface area (Å²) in [5.41, 5.74) is 4.69. The number of fused-ring (bicyclic) bond motifs is 1. The largest absolute Gasteiger partial charge is 0.366 e. The molecule has 0 fully saturated rings. The molecule has 0 N–H and O–H groups in total. The minimum Gasteiger partial charge on any atom is -0.366 e. The van der Waals surface area contributed by atoms with Crippen LogP contribution < -0.4 is 4.90 Å². The number of hydrogen-bond donors (Lipinski definition) is 0. The predicted molar refractivity (Wildman–Crippen MR) is 77.1 cm³/mol. The van der Waals surface area contributed by atoms with Gasteiger partial charge in [-0.15, -0.1) is 0 Å². The molecule has 1 atom stereocenters. The number of para-hydroxylation sites is 1. The first-order chi connectivity index (χ1) is 9.28. The van der Waals surface area contributed by atoms with Gasteiger partial charge in [-0.25, -0.2) is 0 Å². The summed E-state index contributed by atoms with van der Waals surface area (Å²) >= 11 is 0. The number of nitrogens with zero attached hydrogens (tertiary/aromatic N) is 2. The third-order valence-electron chi connectivity index (χ3n) is 3.73. The second-order valence-corrected chi connectivity index (χ2v) is 5.15. The van der Waals surface area contributed by atoms with Crippen molar-refractivity contribution >= 4 is 5.69 Å². The van der Waals surface area contributed by atoms with Gasteiger partial charge in [0.2, 0.25) is 0 Å². The van der Waals surface area contributed by atoms with Gasteiger partial charge in [-0.05, 0) is 29.3 Å². The zero-order valence-electron chi connectivity index (χ0n) is 11.0.